The van der Waals surface area contributed by atoms with Gasteiger partial charge in [-0.15, -0.1) is 0 Å². The maximum Gasteiger partial charge on any atom is 0.416 e. The quantitative estimate of drug-likeness (QED) is 0.780. The van der Waals surface area contributed by atoms with Gasteiger partial charge in [-0.25, -0.2) is 9.59 Å². The Morgan fingerprint density at radius 2 is 1.92 bits per heavy atom. The van der Waals surface area contributed by atoms with Crippen molar-refractivity contribution >= 4 is 12.1 Å². The molecule has 0 unspecified atom stereocenters. The Bertz CT molecular complexity index is 664. The number of rotatable bonds is 4. The third-order valence-electron chi connectivity index (χ3n) is 5.05. The molecule has 0 spiro atoms. The second kappa shape index (κ2) is 5.46. The third-order valence-corrected chi connectivity index (χ3v) is 5.05. The van der Waals surface area contributed by atoms with E-state index < -0.39 is 29.1 Å². The lowest BCUT2D eigenvalue weighted by Crippen LogP contribution is -2.62. The molecule has 3 atom stereocenters. The average Bonchev–Trinajstić information content (AvgIpc) is 3.00. The molecule has 24 heavy (non-hydrogen) atoms. The summed E-state index contributed by atoms with van der Waals surface area (Å²) in [5.74, 6) is -1.87. The molecule has 130 valence electrons. The molecule has 1 aromatic rings. The summed E-state index contributed by atoms with van der Waals surface area (Å²) in [5.41, 5.74) is -1.66. The van der Waals surface area contributed by atoms with Crippen molar-refractivity contribution in [2.75, 3.05) is 20.8 Å². The highest BCUT2D eigenvalue weighted by Gasteiger charge is 2.74. The molecule has 0 saturated carbocycles. The van der Waals surface area contributed by atoms with E-state index in [9.17, 15) is 9.59 Å². The molecule has 2 fully saturated rings. The minimum absolute atomic E-state index is 0.000875. The molecular formula is C17H21NO6. The van der Waals surface area contributed by atoms with Crippen LogP contribution in [0.3, 0.4) is 0 Å². The van der Waals surface area contributed by atoms with E-state index in [0.29, 0.717) is 0 Å². The number of carbonyl (C=O) groups excluding carboxylic acids is 2. The number of cyclic esters (lactones) is 1. The molecule has 7 heteroatoms. The summed E-state index contributed by atoms with van der Waals surface area (Å²) in [5, 5.41) is 0. The minimum atomic E-state index is -1.32. The SMILES string of the molecule is COC(=O)[C@]1(Cc2ccccc2)CO[C@]2(C)N1C(=O)O[C@@]2(C)OC. The number of benzene rings is 1. The van der Waals surface area contributed by atoms with Crippen molar-refractivity contribution in [1.82, 2.24) is 4.90 Å². The van der Waals surface area contributed by atoms with Gasteiger partial charge in [0.25, 0.3) is 5.79 Å². The smallest absolute Gasteiger partial charge is 0.416 e. The minimum Gasteiger partial charge on any atom is -0.467 e. The van der Waals surface area contributed by atoms with Crippen LogP contribution in [0.15, 0.2) is 30.3 Å². The first-order chi connectivity index (χ1) is 11.3. The van der Waals surface area contributed by atoms with Crippen LogP contribution in [-0.2, 0) is 30.2 Å². The second-order valence-electron chi connectivity index (χ2n) is 6.31. The number of esters is 1. The first-order valence-electron chi connectivity index (χ1n) is 7.68. The van der Waals surface area contributed by atoms with Crippen molar-refractivity contribution < 1.29 is 28.5 Å². The molecule has 0 N–H and O–H groups in total. The molecule has 0 radical (unpaired) electrons. The van der Waals surface area contributed by atoms with Crippen LogP contribution in [-0.4, -0.2) is 54.8 Å². The Labute approximate surface area is 140 Å². The van der Waals surface area contributed by atoms with Crippen LogP contribution in [0.2, 0.25) is 0 Å². The van der Waals surface area contributed by atoms with Crippen molar-refractivity contribution in [3.8, 4) is 0 Å². The number of amides is 1. The van der Waals surface area contributed by atoms with E-state index in [4.69, 9.17) is 18.9 Å². The van der Waals surface area contributed by atoms with Crippen molar-refractivity contribution in [3.05, 3.63) is 35.9 Å². The number of methoxy groups -OCH3 is 2. The van der Waals surface area contributed by atoms with Crippen molar-refractivity contribution in [3.63, 3.8) is 0 Å². The van der Waals surface area contributed by atoms with E-state index >= 15 is 0 Å². The number of ether oxygens (including phenoxy) is 4. The summed E-state index contributed by atoms with van der Waals surface area (Å²) in [6, 6.07) is 9.40. The van der Waals surface area contributed by atoms with Crippen LogP contribution >= 0.6 is 0 Å². The average molecular weight is 335 g/mol. The maximum atomic E-state index is 12.7. The first kappa shape index (κ1) is 16.7. The van der Waals surface area contributed by atoms with Gasteiger partial charge in [0, 0.05) is 20.5 Å². The zero-order chi connectivity index (χ0) is 17.6. The Hall–Kier alpha value is -2.12. The summed E-state index contributed by atoms with van der Waals surface area (Å²) >= 11 is 0. The fourth-order valence-corrected chi connectivity index (χ4v) is 3.49. The summed E-state index contributed by atoms with van der Waals surface area (Å²) in [4.78, 5) is 26.6. The number of nitrogens with zero attached hydrogens (tertiary/aromatic N) is 1. The lowest BCUT2D eigenvalue weighted by Gasteiger charge is -2.38. The van der Waals surface area contributed by atoms with E-state index in [-0.39, 0.29) is 13.0 Å². The van der Waals surface area contributed by atoms with Gasteiger partial charge in [-0.3, -0.25) is 4.90 Å². The van der Waals surface area contributed by atoms with E-state index in [2.05, 4.69) is 0 Å². The topological polar surface area (TPSA) is 74.3 Å². The largest absolute Gasteiger partial charge is 0.467 e. The first-order valence-corrected chi connectivity index (χ1v) is 7.68. The predicted octanol–water partition coefficient (Wildman–Crippen LogP) is 1.70. The van der Waals surface area contributed by atoms with Crippen LogP contribution in [0.25, 0.3) is 0 Å². The fourth-order valence-electron chi connectivity index (χ4n) is 3.49. The van der Waals surface area contributed by atoms with Crippen LogP contribution in [0.4, 0.5) is 4.79 Å². The summed E-state index contributed by atoms with van der Waals surface area (Å²) in [6.07, 6.45) is -0.411. The van der Waals surface area contributed by atoms with Crippen molar-refractivity contribution in [2.24, 2.45) is 0 Å². The van der Waals surface area contributed by atoms with Gasteiger partial charge in [0.15, 0.2) is 5.54 Å². The normalized spacial score (nSPS) is 34.8. The Morgan fingerprint density at radius 3 is 2.50 bits per heavy atom. The van der Waals surface area contributed by atoms with Gasteiger partial charge < -0.3 is 18.9 Å². The molecule has 0 aromatic heterocycles. The van der Waals surface area contributed by atoms with Gasteiger partial charge in [0.05, 0.1) is 13.7 Å². The molecule has 2 heterocycles. The van der Waals surface area contributed by atoms with Gasteiger partial charge in [-0.2, -0.15) is 0 Å². The van der Waals surface area contributed by atoms with E-state index in [0.717, 1.165) is 5.56 Å². The lowest BCUT2D eigenvalue weighted by atomic mass is 9.89. The van der Waals surface area contributed by atoms with Gasteiger partial charge >= 0.3 is 12.1 Å². The zero-order valence-electron chi connectivity index (χ0n) is 14.2. The Kier molecular flexibility index (Phi) is 3.80. The standard InChI is InChI=1S/C17H21NO6/c1-15-16(2,22-4)24-14(20)18(15)17(11-23-15,13(19)21-3)10-12-8-6-5-7-9-12/h5-9H,10-11H2,1-4H3/t15-,16+,17-/m0/s1. The molecule has 2 aliphatic rings. The van der Waals surface area contributed by atoms with E-state index in [1.54, 1.807) is 13.8 Å². The zero-order valence-corrected chi connectivity index (χ0v) is 14.2. The van der Waals surface area contributed by atoms with Crippen LogP contribution in [0, 0.1) is 0 Å². The highest BCUT2D eigenvalue weighted by Crippen LogP contribution is 2.50. The van der Waals surface area contributed by atoms with Crippen molar-refractivity contribution in [2.45, 2.75) is 37.3 Å². The van der Waals surface area contributed by atoms with Crippen LogP contribution in [0.5, 0.6) is 0 Å². The lowest BCUT2D eigenvalue weighted by molar-refractivity contribution is -0.259. The molecule has 7 nitrogen and oxygen atoms in total. The van der Waals surface area contributed by atoms with E-state index in [1.165, 1.54) is 19.1 Å². The molecular weight excluding hydrogens is 314 g/mol. The number of hydrogen-bond donors (Lipinski definition) is 0. The predicted molar refractivity (Wildman–Crippen MR) is 83.0 cm³/mol. The number of carbonyl (C=O) groups is 2. The van der Waals surface area contributed by atoms with Gasteiger partial charge in [-0.05, 0) is 12.5 Å². The molecule has 0 aliphatic carbocycles. The third kappa shape index (κ3) is 2.04. The second-order valence-corrected chi connectivity index (χ2v) is 6.31. The Morgan fingerprint density at radius 1 is 1.25 bits per heavy atom. The van der Waals surface area contributed by atoms with Gasteiger partial charge in [-0.1, -0.05) is 30.3 Å². The number of hydrogen-bond acceptors (Lipinski definition) is 6. The highest BCUT2D eigenvalue weighted by molar-refractivity contribution is 5.88. The molecule has 3 rings (SSSR count). The molecule has 2 aliphatic heterocycles. The summed E-state index contributed by atoms with van der Waals surface area (Å²) in [7, 11) is 2.72. The van der Waals surface area contributed by atoms with Crippen molar-refractivity contribution in [1.29, 1.82) is 0 Å². The number of fused-ring (bicyclic) bond motifs is 1. The molecule has 1 amide bonds. The van der Waals surface area contributed by atoms with Gasteiger partial charge in [0.1, 0.15) is 0 Å². The molecule has 0 bridgehead atoms. The highest BCUT2D eigenvalue weighted by atomic mass is 16.8. The monoisotopic (exact) mass is 335 g/mol. The van der Waals surface area contributed by atoms with Gasteiger partial charge in [0.2, 0.25) is 5.72 Å². The maximum absolute atomic E-state index is 12.7. The van der Waals surface area contributed by atoms with Crippen LogP contribution < -0.4 is 0 Å². The Balaban J connectivity index is 2.08. The summed E-state index contributed by atoms with van der Waals surface area (Å²) in [6.45, 7) is 3.29. The molecule has 2 saturated heterocycles. The molecule has 1 aromatic carbocycles. The summed E-state index contributed by atoms with van der Waals surface area (Å²) < 4.78 is 21.7. The fraction of sp³-hybridized carbons (Fsp3) is 0.529. The van der Waals surface area contributed by atoms with Crippen LogP contribution in [0.1, 0.15) is 19.4 Å². The van der Waals surface area contributed by atoms with E-state index in [1.807, 2.05) is 30.3 Å².